The van der Waals surface area contributed by atoms with Crippen LogP contribution in [0.2, 0.25) is 0 Å². The summed E-state index contributed by atoms with van der Waals surface area (Å²) in [5.74, 6) is -0.327. The number of anilines is 2. The third kappa shape index (κ3) is 4.91. The quantitative estimate of drug-likeness (QED) is 0.670. The fraction of sp³-hybridized carbons (Fsp3) is 0.391. The van der Waals surface area contributed by atoms with Gasteiger partial charge in [0, 0.05) is 37.6 Å². The van der Waals surface area contributed by atoms with Gasteiger partial charge >= 0.3 is 0 Å². The lowest BCUT2D eigenvalue weighted by molar-refractivity contribution is -0.116. The van der Waals surface area contributed by atoms with E-state index in [1.807, 2.05) is 56.3 Å². The van der Waals surface area contributed by atoms with Crippen LogP contribution >= 0.6 is 11.6 Å². The van der Waals surface area contributed by atoms with Gasteiger partial charge in [-0.05, 0) is 50.5 Å². The van der Waals surface area contributed by atoms with Crippen LogP contribution in [0.5, 0.6) is 0 Å². The van der Waals surface area contributed by atoms with E-state index in [4.69, 9.17) is 11.6 Å². The molecule has 2 aromatic carbocycles. The predicted molar refractivity (Wildman–Crippen MR) is 119 cm³/mol. The van der Waals surface area contributed by atoms with Crippen molar-refractivity contribution < 1.29 is 9.59 Å². The SMILES string of the molecule is CCN(CC)C(=O)c1cc(NC(=O)[C@H](Cl)c2ccccc2)ccc1N1CCCC1. The summed E-state index contributed by atoms with van der Waals surface area (Å²) in [6.07, 6.45) is 2.25. The number of hydrogen-bond donors (Lipinski definition) is 1. The second kappa shape index (κ2) is 9.79. The fourth-order valence-corrected chi connectivity index (χ4v) is 3.88. The predicted octanol–water partition coefficient (Wildman–Crippen LogP) is 4.69. The molecular weight excluding hydrogens is 386 g/mol. The van der Waals surface area contributed by atoms with Gasteiger partial charge in [-0.2, -0.15) is 0 Å². The van der Waals surface area contributed by atoms with Crippen molar-refractivity contribution in [2.75, 3.05) is 36.4 Å². The third-order valence-electron chi connectivity index (χ3n) is 5.31. The van der Waals surface area contributed by atoms with Crippen molar-refractivity contribution in [1.29, 1.82) is 0 Å². The molecule has 2 amide bonds. The van der Waals surface area contributed by atoms with Crippen molar-refractivity contribution in [3.05, 3.63) is 59.7 Å². The standard InChI is InChI=1S/C23H28ClN3O2/c1-3-26(4-2)23(29)19-16-18(12-13-20(19)27-14-8-9-15-27)25-22(28)21(24)17-10-6-5-7-11-17/h5-7,10-13,16,21H,3-4,8-9,14-15H2,1-2H3,(H,25,28)/t21-/m1/s1. The third-order valence-corrected chi connectivity index (χ3v) is 5.76. The van der Waals surface area contributed by atoms with Crippen LogP contribution < -0.4 is 10.2 Å². The van der Waals surface area contributed by atoms with Gasteiger partial charge in [0.15, 0.2) is 0 Å². The number of hydrogen-bond acceptors (Lipinski definition) is 3. The molecule has 0 radical (unpaired) electrons. The van der Waals surface area contributed by atoms with Gasteiger partial charge in [-0.25, -0.2) is 0 Å². The van der Waals surface area contributed by atoms with Crippen LogP contribution in [0.4, 0.5) is 11.4 Å². The summed E-state index contributed by atoms with van der Waals surface area (Å²) >= 11 is 6.34. The van der Waals surface area contributed by atoms with Crippen LogP contribution in [-0.2, 0) is 4.79 Å². The highest BCUT2D eigenvalue weighted by Crippen LogP contribution is 2.30. The molecule has 2 aromatic rings. The average Bonchev–Trinajstić information content (AvgIpc) is 3.29. The van der Waals surface area contributed by atoms with Crippen molar-refractivity contribution in [2.24, 2.45) is 0 Å². The zero-order valence-electron chi connectivity index (χ0n) is 17.0. The maximum atomic E-state index is 13.1. The Balaban J connectivity index is 1.87. The molecule has 1 atom stereocenters. The molecular formula is C23H28ClN3O2. The van der Waals surface area contributed by atoms with Crippen molar-refractivity contribution in [1.82, 2.24) is 4.90 Å². The van der Waals surface area contributed by atoms with E-state index in [0.717, 1.165) is 37.2 Å². The van der Waals surface area contributed by atoms with E-state index in [1.54, 1.807) is 11.0 Å². The minimum absolute atomic E-state index is 0.0153. The number of amides is 2. The maximum absolute atomic E-state index is 13.1. The topological polar surface area (TPSA) is 52.7 Å². The Morgan fingerprint density at radius 2 is 1.72 bits per heavy atom. The summed E-state index contributed by atoms with van der Waals surface area (Å²) in [5, 5.41) is 2.07. The molecule has 1 aliphatic rings. The first-order valence-electron chi connectivity index (χ1n) is 10.2. The smallest absolute Gasteiger partial charge is 0.256 e. The average molecular weight is 414 g/mol. The van der Waals surface area contributed by atoms with E-state index < -0.39 is 5.38 Å². The van der Waals surface area contributed by atoms with Crippen LogP contribution in [-0.4, -0.2) is 42.9 Å². The molecule has 0 unspecified atom stereocenters. The summed E-state index contributed by atoms with van der Waals surface area (Å²) in [5.41, 5.74) is 2.87. The lowest BCUT2D eigenvalue weighted by Gasteiger charge is -2.25. The molecule has 0 aromatic heterocycles. The molecule has 3 rings (SSSR count). The van der Waals surface area contributed by atoms with Crippen LogP contribution in [0.1, 0.15) is 48.0 Å². The number of nitrogens with one attached hydrogen (secondary N) is 1. The van der Waals surface area contributed by atoms with E-state index in [-0.39, 0.29) is 11.8 Å². The molecule has 1 heterocycles. The molecule has 6 heteroatoms. The maximum Gasteiger partial charge on any atom is 0.256 e. The normalized spacial score (nSPS) is 14.5. The minimum atomic E-state index is -0.795. The lowest BCUT2D eigenvalue weighted by Crippen LogP contribution is -2.32. The van der Waals surface area contributed by atoms with Crippen LogP contribution in [0.15, 0.2) is 48.5 Å². The highest BCUT2D eigenvalue weighted by Gasteiger charge is 2.24. The van der Waals surface area contributed by atoms with Crippen molar-refractivity contribution >= 4 is 34.8 Å². The number of carbonyl (C=O) groups excluding carboxylic acids is 2. The Labute approximate surface area is 177 Å². The van der Waals surface area contributed by atoms with E-state index >= 15 is 0 Å². The summed E-state index contributed by atoms with van der Waals surface area (Å²) in [7, 11) is 0. The Morgan fingerprint density at radius 3 is 2.34 bits per heavy atom. The van der Waals surface area contributed by atoms with Crippen LogP contribution in [0.3, 0.4) is 0 Å². The van der Waals surface area contributed by atoms with Crippen LogP contribution in [0.25, 0.3) is 0 Å². The first-order valence-corrected chi connectivity index (χ1v) is 10.7. The van der Waals surface area contributed by atoms with Crippen LogP contribution in [0, 0.1) is 0 Å². The Morgan fingerprint density at radius 1 is 1.07 bits per heavy atom. The number of rotatable bonds is 7. The molecule has 1 aliphatic heterocycles. The molecule has 1 N–H and O–H groups in total. The van der Waals surface area contributed by atoms with Gasteiger partial charge in [0.2, 0.25) is 5.91 Å². The number of halogens is 1. The van der Waals surface area contributed by atoms with Gasteiger partial charge in [0.25, 0.3) is 5.91 Å². The molecule has 1 saturated heterocycles. The minimum Gasteiger partial charge on any atom is -0.371 e. The Kier molecular flexibility index (Phi) is 7.15. The van der Waals surface area contributed by atoms with Crippen molar-refractivity contribution in [3.63, 3.8) is 0 Å². The van der Waals surface area contributed by atoms with Gasteiger partial charge in [-0.3, -0.25) is 9.59 Å². The highest BCUT2D eigenvalue weighted by molar-refractivity contribution is 6.32. The number of benzene rings is 2. The first kappa shape index (κ1) is 21.2. The monoisotopic (exact) mass is 413 g/mol. The largest absolute Gasteiger partial charge is 0.371 e. The van der Waals surface area contributed by atoms with Gasteiger partial charge in [0.1, 0.15) is 5.38 Å². The molecule has 29 heavy (non-hydrogen) atoms. The summed E-state index contributed by atoms with van der Waals surface area (Å²) < 4.78 is 0. The molecule has 0 aliphatic carbocycles. The van der Waals surface area contributed by atoms with Gasteiger partial charge < -0.3 is 15.1 Å². The van der Waals surface area contributed by atoms with Crippen molar-refractivity contribution in [3.8, 4) is 0 Å². The molecule has 5 nitrogen and oxygen atoms in total. The van der Waals surface area contributed by atoms with Gasteiger partial charge in [0.05, 0.1) is 5.56 Å². The summed E-state index contributed by atoms with van der Waals surface area (Å²) in [4.78, 5) is 29.8. The second-order valence-electron chi connectivity index (χ2n) is 7.17. The van der Waals surface area contributed by atoms with Crippen molar-refractivity contribution in [2.45, 2.75) is 32.1 Å². The summed E-state index contributed by atoms with van der Waals surface area (Å²) in [6.45, 7) is 7.12. The lowest BCUT2D eigenvalue weighted by atomic mass is 10.1. The summed E-state index contributed by atoms with van der Waals surface area (Å²) in [6, 6.07) is 14.8. The number of alkyl halides is 1. The van der Waals surface area contributed by atoms with Gasteiger partial charge in [-0.15, -0.1) is 11.6 Å². The number of carbonyl (C=O) groups is 2. The molecule has 0 saturated carbocycles. The first-order chi connectivity index (χ1) is 14.0. The zero-order chi connectivity index (χ0) is 20.8. The van der Waals surface area contributed by atoms with E-state index in [0.29, 0.717) is 24.3 Å². The molecule has 1 fully saturated rings. The Bertz CT molecular complexity index is 846. The molecule has 0 bridgehead atoms. The van der Waals surface area contributed by atoms with E-state index in [2.05, 4.69) is 10.2 Å². The van der Waals surface area contributed by atoms with E-state index in [1.165, 1.54) is 0 Å². The van der Waals surface area contributed by atoms with E-state index in [9.17, 15) is 9.59 Å². The van der Waals surface area contributed by atoms with Gasteiger partial charge in [-0.1, -0.05) is 30.3 Å². The fourth-order valence-electron chi connectivity index (χ4n) is 3.68. The highest BCUT2D eigenvalue weighted by atomic mass is 35.5. The zero-order valence-corrected chi connectivity index (χ0v) is 17.8. The molecule has 154 valence electrons. The second-order valence-corrected chi connectivity index (χ2v) is 7.60. The molecule has 0 spiro atoms. The Hall–Kier alpha value is -2.53. The number of nitrogens with zero attached hydrogens (tertiary/aromatic N) is 2.